The topological polar surface area (TPSA) is 99.9 Å². The van der Waals surface area contributed by atoms with Crippen molar-refractivity contribution in [3.8, 4) is 11.4 Å². The van der Waals surface area contributed by atoms with Gasteiger partial charge < -0.3 is 19.7 Å². The second-order valence-electron chi connectivity index (χ2n) is 6.79. The molecule has 2 N–H and O–H groups in total. The maximum absolute atomic E-state index is 13.1. The van der Waals surface area contributed by atoms with Crippen molar-refractivity contribution in [2.75, 3.05) is 5.32 Å². The van der Waals surface area contributed by atoms with E-state index in [-0.39, 0.29) is 6.03 Å². The van der Waals surface area contributed by atoms with E-state index in [2.05, 4.69) is 25.4 Å². The van der Waals surface area contributed by atoms with E-state index in [1.165, 1.54) is 0 Å². The minimum absolute atomic E-state index is 0.235. The average Bonchev–Trinajstić information content (AvgIpc) is 3.43. The van der Waals surface area contributed by atoms with Crippen LogP contribution in [-0.2, 0) is 13.0 Å². The molecule has 8 heteroatoms. The van der Waals surface area contributed by atoms with Gasteiger partial charge in [-0.25, -0.2) is 9.78 Å². The fourth-order valence-corrected chi connectivity index (χ4v) is 3.46. The van der Waals surface area contributed by atoms with Gasteiger partial charge in [0, 0.05) is 17.7 Å². The lowest BCUT2D eigenvalue weighted by Crippen LogP contribution is -2.41. The minimum atomic E-state index is -0.403. The highest BCUT2D eigenvalue weighted by molar-refractivity contribution is 5.89. The van der Waals surface area contributed by atoms with Crippen molar-refractivity contribution in [3.05, 3.63) is 84.3 Å². The molecule has 2 amide bonds. The van der Waals surface area contributed by atoms with Crippen LogP contribution in [0.25, 0.3) is 11.4 Å². The minimum Gasteiger partial charge on any atom is -0.347 e. The lowest BCUT2D eigenvalue weighted by Gasteiger charge is -2.32. The third-order valence-electron chi connectivity index (χ3n) is 4.94. The number of benzene rings is 2. The van der Waals surface area contributed by atoms with Crippen LogP contribution in [-0.4, -0.2) is 31.0 Å². The summed E-state index contributed by atoms with van der Waals surface area (Å²) >= 11 is 0. The maximum Gasteiger partial charge on any atom is 0.322 e. The summed E-state index contributed by atoms with van der Waals surface area (Å²) in [6.07, 6.45) is 2.14. The van der Waals surface area contributed by atoms with Crippen LogP contribution >= 0.6 is 0 Å². The smallest absolute Gasteiger partial charge is 0.322 e. The molecule has 1 atom stereocenters. The van der Waals surface area contributed by atoms with Gasteiger partial charge in [-0.2, -0.15) is 4.98 Å². The number of H-pyrrole nitrogens is 1. The molecule has 0 spiro atoms. The average molecular weight is 386 g/mol. The summed E-state index contributed by atoms with van der Waals surface area (Å²) in [6, 6.07) is 18.3. The molecule has 0 saturated heterocycles. The molecule has 0 saturated carbocycles. The molecule has 2 aromatic carbocycles. The Hall–Kier alpha value is -3.94. The first kappa shape index (κ1) is 17.2. The Labute approximate surface area is 166 Å². The molecule has 5 rings (SSSR count). The maximum atomic E-state index is 13.1. The van der Waals surface area contributed by atoms with E-state index in [4.69, 9.17) is 4.52 Å². The molecule has 3 heterocycles. The first-order valence-corrected chi connectivity index (χ1v) is 9.31. The molecule has 29 heavy (non-hydrogen) atoms. The summed E-state index contributed by atoms with van der Waals surface area (Å²) in [4.78, 5) is 26.8. The van der Waals surface area contributed by atoms with Crippen LogP contribution in [0.2, 0.25) is 0 Å². The lowest BCUT2D eigenvalue weighted by atomic mass is 10.0. The summed E-state index contributed by atoms with van der Waals surface area (Å²) < 4.78 is 5.56. The Morgan fingerprint density at radius 2 is 1.86 bits per heavy atom. The molecule has 0 bridgehead atoms. The quantitative estimate of drug-likeness (QED) is 0.558. The highest BCUT2D eigenvalue weighted by Gasteiger charge is 2.36. The molecule has 144 valence electrons. The summed E-state index contributed by atoms with van der Waals surface area (Å²) in [5.41, 5.74) is 3.40. The number of aromatic nitrogens is 4. The van der Waals surface area contributed by atoms with Gasteiger partial charge in [-0.15, -0.1) is 0 Å². The van der Waals surface area contributed by atoms with E-state index in [0.29, 0.717) is 24.7 Å². The predicted octanol–water partition coefficient (Wildman–Crippen LogP) is 3.79. The summed E-state index contributed by atoms with van der Waals surface area (Å²) in [6.45, 7) is 0.377. The monoisotopic (exact) mass is 386 g/mol. The van der Waals surface area contributed by atoms with Crippen molar-refractivity contribution in [1.82, 2.24) is 25.0 Å². The summed E-state index contributed by atoms with van der Waals surface area (Å²) in [7, 11) is 0. The van der Waals surface area contributed by atoms with Crippen LogP contribution < -0.4 is 5.32 Å². The van der Waals surface area contributed by atoms with Gasteiger partial charge in [0.1, 0.15) is 6.04 Å². The normalized spacial score (nSPS) is 15.7. The van der Waals surface area contributed by atoms with E-state index in [0.717, 1.165) is 22.6 Å². The molecular weight excluding hydrogens is 368 g/mol. The number of hydrogen-bond donors (Lipinski definition) is 2. The van der Waals surface area contributed by atoms with E-state index in [1.54, 1.807) is 11.2 Å². The van der Waals surface area contributed by atoms with Crippen molar-refractivity contribution in [3.63, 3.8) is 0 Å². The van der Waals surface area contributed by atoms with Crippen molar-refractivity contribution in [1.29, 1.82) is 0 Å². The van der Waals surface area contributed by atoms with Crippen molar-refractivity contribution in [2.24, 2.45) is 0 Å². The van der Waals surface area contributed by atoms with Crippen LogP contribution in [0.3, 0.4) is 0 Å². The first-order valence-electron chi connectivity index (χ1n) is 9.31. The molecule has 1 aliphatic heterocycles. The zero-order valence-corrected chi connectivity index (χ0v) is 15.4. The molecule has 8 nitrogen and oxygen atoms in total. The molecule has 0 unspecified atom stereocenters. The highest BCUT2D eigenvalue weighted by atomic mass is 16.5. The number of fused-ring (bicyclic) bond motifs is 1. The number of carbonyl (C=O) groups excluding carboxylic acids is 1. The first-order chi connectivity index (χ1) is 14.3. The fourth-order valence-electron chi connectivity index (χ4n) is 3.46. The van der Waals surface area contributed by atoms with Crippen molar-refractivity contribution < 1.29 is 9.32 Å². The van der Waals surface area contributed by atoms with Crippen LogP contribution in [0, 0.1) is 0 Å². The highest BCUT2D eigenvalue weighted by Crippen LogP contribution is 2.32. The third-order valence-corrected chi connectivity index (χ3v) is 4.94. The van der Waals surface area contributed by atoms with Crippen LogP contribution in [0.5, 0.6) is 0 Å². The second-order valence-corrected chi connectivity index (χ2v) is 6.79. The van der Waals surface area contributed by atoms with E-state index >= 15 is 0 Å². The Morgan fingerprint density at radius 3 is 2.66 bits per heavy atom. The SMILES string of the molecule is O=C(Nc1ccccc1)N1Cc2[nH]cnc2C[C@H]1c1nc(-c2ccccc2)no1. The number of aromatic amines is 1. The summed E-state index contributed by atoms with van der Waals surface area (Å²) in [5, 5.41) is 7.05. The number of para-hydroxylation sites is 1. The number of hydrogen-bond acceptors (Lipinski definition) is 5. The van der Waals surface area contributed by atoms with Crippen molar-refractivity contribution >= 4 is 11.7 Å². The number of carbonyl (C=O) groups is 1. The Kier molecular flexibility index (Phi) is 4.28. The number of anilines is 1. The van der Waals surface area contributed by atoms with Gasteiger partial charge in [0.25, 0.3) is 0 Å². The van der Waals surface area contributed by atoms with Gasteiger partial charge >= 0.3 is 6.03 Å². The van der Waals surface area contributed by atoms with Crippen molar-refractivity contribution in [2.45, 2.75) is 19.0 Å². The fraction of sp³-hybridized carbons (Fsp3) is 0.143. The Balaban J connectivity index is 1.46. The predicted molar refractivity (Wildman–Crippen MR) is 106 cm³/mol. The zero-order chi connectivity index (χ0) is 19.6. The Bertz CT molecular complexity index is 1120. The van der Waals surface area contributed by atoms with Gasteiger partial charge in [0.2, 0.25) is 11.7 Å². The molecule has 0 fully saturated rings. The number of amides is 2. The zero-order valence-electron chi connectivity index (χ0n) is 15.4. The van der Waals surface area contributed by atoms with Gasteiger partial charge in [-0.3, -0.25) is 0 Å². The third kappa shape index (κ3) is 3.36. The second kappa shape index (κ2) is 7.23. The van der Waals surface area contributed by atoms with E-state index < -0.39 is 6.04 Å². The van der Waals surface area contributed by atoms with E-state index in [9.17, 15) is 4.79 Å². The van der Waals surface area contributed by atoms with Gasteiger partial charge in [0.15, 0.2) is 0 Å². The van der Waals surface area contributed by atoms with Gasteiger partial charge in [0.05, 0.1) is 24.3 Å². The largest absolute Gasteiger partial charge is 0.347 e. The molecule has 4 aromatic rings. The summed E-state index contributed by atoms with van der Waals surface area (Å²) in [5.74, 6) is 0.887. The van der Waals surface area contributed by atoms with Gasteiger partial charge in [-0.1, -0.05) is 53.7 Å². The number of rotatable bonds is 3. The molecule has 1 aliphatic rings. The molecular formula is C21H18N6O2. The number of urea groups is 1. The standard InChI is InChI=1S/C21H18N6O2/c28-21(24-15-9-5-2-6-10-15)27-12-17-16(22-13-23-17)11-18(27)20-25-19(26-29-20)14-7-3-1-4-8-14/h1-10,13,18H,11-12H2,(H,22,23)(H,24,28)/t18-/m0/s1. The van der Waals surface area contributed by atoms with Gasteiger partial charge in [-0.05, 0) is 12.1 Å². The van der Waals surface area contributed by atoms with Crippen LogP contribution in [0.1, 0.15) is 23.3 Å². The number of imidazole rings is 1. The number of nitrogens with one attached hydrogen (secondary N) is 2. The van der Waals surface area contributed by atoms with Crippen LogP contribution in [0.4, 0.5) is 10.5 Å². The molecule has 0 radical (unpaired) electrons. The van der Waals surface area contributed by atoms with E-state index in [1.807, 2.05) is 60.7 Å². The molecule has 2 aromatic heterocycles. The lowest BCUT2D eigenvalue weighted by molar-refractivity contribution is 0.155. The molecule has 0 aliphatic carbocycles. The van der Waals surface area contributed by atoms with Crippen LogP contribution in [0.15, 0.2) is 71.5 Å². The number of nitrogens with zero attached hydrogens (tertiary/aromatic N) is 4. The Morgan fingerprint density at radius 1 is 1.10 bits per heavy atom.